The van der Waals surface area contributed by atoms with E-state index in [2.05, 4.69) is 20.4 Å². The normalized spacial score (nSPS) is 10.8. The minimum absolute atomic E-state index is 0.171. The van der Waals surface area contributed by atoms with Gasteiger partial charge in [0.05, 0.1) is 13.3 Å². The molecule has 19 heavy (non-hydrogen) atoms. The molecule has 2 aromatic rings. The van der Waals surface area contributed by atoms with Crippen LogP contribution in [0.4, 0.5) is 20.4 Å². The first-order chi connectivity index (χ1) is 9.08. The largest absolute Gasteiger partial charge is 0.478 e. The molecule has 0 amide bonds. The van der Waals surface area contributed by atoms with E-state index in [1.165, 1.54) is 25.6 Å². The molecule has 0 aliphatic heterocycles. The lowest BCUT2D eigenvalue weighted by Gasteiger charge is -2.03. The lowest BCUT2D eigenvalue weighted by molar-refractivity contribution is 0.121. The van der Waals surface area contributed by atoms with Crippen LogP contribution < -0.4 is 10.1 Å². The smallest absolute Gasteiger partial charge is 0.257 e. The van der Waals surface area contributed by atoms with Crippen LogP contribution in [0.2, 0.25) is 5.15 Å². The Bertz CT molecular complexity index is 563. The van der Waals surface area contributed by atoms with Crippen molar-refractivity contribution in [3.8, 4) is 5.88 Å². The Kier molecular flexibility index (Phi) is 4.10. The van der Waals surface area contributed by atoms with Gasteiger partial charge in [0.15, 0.2) is 0 Å². The third kappa shape index (κ3) is 3.50. The Morgan fingerprint density at radius 2 is 2.32 bits per heavy atom. The van der Waals surface area contributed by atoms with Gasteiger partial charge in [0.25, 0.3) is 12.3 Å². The van der Waals surface area contributed by atoms with Crippen molar-refractivity contribution >= 4 is 23.2 Å². The van der Waals surface area contributed by atoms with E-state index >= 15 is 0 Å². The fraction of sp³-hybridized carbons (Fsp3) is 0.300. The molecule has 0 aromatic carbocycles. The van der Waals surface area contributed by atoms with Crippen LogP contribution in [0.5, 0.6) is 5.88 Å². The third-order valence-corrected chi connectivity index (χ3v) is 2.32. The summed E-state index contributed by atoms with van der Waals surface area (Å²) in [5.74, 6) is 0.395. The van der Waals surface area contributed by atoms with E-state index in [0.717, 1.165) is 4.68 Å². The number of ether oxygens (including phenoxy) is 1. The van der Waals surface area contributed by atoms with Crippen LogP contribution in [-0.4, -0.2) is 33.3 Å². The van der Waals surface area contributed by atoms with Gasteiger partial charge in [-0.3, -0.25) is 4.68 Å². The van der Waals surface area contributed by atoms with Gasteiger partial charge in [-0.15, -0.1) is 5.10 Å². The van der Waals surface area contributed by atoms with Gasteiger partial charge in [-0.1, -0.05) is 11.6 Å². The molecule has 9 heteroatoms. The van der Waals surface area contributed by atoms with E-state index in [1.54, 1.807) is 0 Å². The van der Waals surface area contributed by atoms with Gasteiger partial charge in [0, 0.05) is 6.20 Å². The molecule has 6 nitrogen and oxygen atoms in total. The Balaban J connectivity index is 2.21. The fourth-order valence-electron chi connectivity index (χ4n) is 1.39. The van der Waals surface area contributed by atoms with Crippen molar-refractivity contribution in [3.63, 3.8) is 0 Å². The second kappa shape index (κ2) is 5.79. The summed E-state index contributed by atoms with van der Waals surface area (Å²) in [7, 11) is 1.39. The molecule has 1 N–H and O–H groups in total. The molecule has 0 unspecified atom stereocenters. The van der Waals surface area contributed by atoms with E-state index in [-0.39, 0.29) is 17.0 Å². The van der Waals surface area contributed by atoms with Crippen molar-refractivity contribution in [2.24, 2.45) is 0 Å². The summed E-state index contributed by atoms with van der Waals surface area (Å²) in [5.41, 5.74) is 0.380. The van der Waals surface area contributed by atoms with Crippen molar-refractivity contribution in [1.29, 1.82) is 0 Å². The van der Waals surface area contributed by atoms with Crippen LogP contribution in [0, 0.1) is 0 Å². The molecule has 0 radical (unpaired) electrons. The summed E-state index contributed by atoms with van der Waals surface area (Å²) in [6.45, 7) is -0.519. The fourth-order valence-corrected chi connectivity index (χ4v) is 1.53. The minimum Gasteiger partial charge on any atom is -0.478 e. The van der Waals surface area contributed by atoms with Gasteiger partial charge in [0.1, 0.15) is 17.4 Å². The standard InChI is InChI=1S/C10H10ClF2N5O/c1-19-9-6(4-18(17-9)5-8(12)13)15-10-14-3-2-7(11)16-10/h2-4,8H,5H2,1H3,(H,14,15,16). The molecule has 0 fully saturated rings. The molecule has 0 saturated carbocycles. The summed E-state index contributed by atoms with van der Waals surface area (Å²) in [4.78, 5) is 7.85. The number of alkyl halides is 2. The van der Waals surface area contributed by atoms with E-state index in [4.69, 9.17) is 16.3 Å². The average Bonchev–Trinajstić information content (AvgIpc) is 2.70. The zero-order chi connectivity index (χ0) is 13.8. The molecule has 0 aliphatic rings. The first-order valence-electron chi connectivity index (χ1n) is 5.23. The number of methoxy groups -OCH3 is 1. The maximum atomic E-state index is 12.3. The molecule has 0 bridgehead atoms. The molecule has 2 rings (SSSR count). The summed E-state index contributed by atoms with van der Waals surface area (Å²) in [6, 6.07) is 1.52. The minimum atomic E-state index is -2.50. The first-order valence-corrected chi connectivity index (χ1v) is 5.61. The number of hydrogen-bond donors (Lipinski definition) is 1. The molecular weight excluding hydrogens is 280 g/mol. The van der Waals surface area contributed by atoms with E-state index < -0.39 is 13.0 Å². The number of aromatic nitrogens is 4. The van der Waals surface area contributed by atoms with Crippen LogP contribution in [0.25, 0.3) is 0 Å². The number of anilines is 2. The van der Waals surface area contributed by atoms with Gasteiger partial charge in [0.2, 0.25) is 5.95 Å². The number of rotatable bonds is 5. The van der Waals surface area contributed by atoms with Crippen molar-refractivity contribution in [1.82, 2.24) is 19.7 Å². The number of nitrogens with zero attached hydrogens (tertiary/aromatic N) is 4. The SMILES string of the molecule is COc1nn(CC(F)F)cc1Nc1nccc(Cl)n1. The van der Waals surface area contributed by atoms with Gasteiger partial charge in [-0.05, 0) is 6.07 Å². The van der Waals surface area contributed by atoms with Crippen LogP contribution >= 0.6 is 11.6 Å². The summed E-state index contributed by atoms with van der Waals surface area (Å²) >= 11 is 5.72. The molecule has 102 valence electrons. The Morgan fingerprint density at radius 3 is 2.95 bits per heavy atom. The van der Waals surface area contributed by atoms with Crippen LogP contribution in [0.3, 0.4) is 0 Å². The highest BCUT2D eigenvalue weighted by atomic mass is 35.5. The van der Waals surface area contributed by atoms with Crippen LogP contribution in [-0.2, 0) is 6.54 Å². The molecule has 2 heterocycles. The molecule has 0 saturated heterocycles. The number of nitrogens with one attached hydrogen (secondary N) is 1. The third-order valence-electron chi connectivity index (χ3n) is 2.11. The quantitative estimate of drug-likeness (QED) is 0.856. The van der Waals surface area contributed by atoms with Gasteiger partial charge in [-0.2, -0.15) is 0 Å². The Morgan fingerprint density at radius 1 is 1.53 bits per heavy atom. The summed E-state index contributed by atoms with van der Waals surface area (Å²) in [5, 5.41) is 6.91. The van der Waals surface area contributed by atoms with E-state index in [9.17, 15) is 8.78 Å². The first kappa shape index (κ1) is 13.5. The Labute approximate surface area is 112 Å². The summed E-state index contributed by atoms with van der Waals surface area (Å²) < 4.78 is 30.6. The molecule has 0 spiro atoms. The Hall–Kier alpha value is -1.96. The molecule has 0 aliphatic carbocycles. The van der Waals surface area contributed by atoms with E-state index in [0.29, 0.717) is 5.69 Å². The second-order valence-electron chi connectivity index (χ2n) is 3.49. The van der Waals surface area contributed by atoms with E-state index in [1.807, 2.05) is 0 Å². The van der Waals surface area contributed by atoms with Crippen molar-refractivity contribution in [3.05, 3.63) is 23.6 Å². The highest BCUT2D eigenvalue weighted by molar-refractivity contribution is 6.29. The molecule has 2 aromatic heterocycles. The molecule has 0 atom stereocenters. The highest BCUT2D eigenvalue weighted by Gasteiger charge is 2.13. The zero-order valence-corrected chi connectivity index (χ0v) is 10.6. The molecular formula is C10H10ClF2N5O. The highest BCUT2D eigenvalue weighted by Crippen LogP contribution is 2.25. The van der Waals surface area contributed by atoms with Crippen LogP contribution in [0.1, 0.15) is 0 Å². The lowest BCUT2D eigenvalue weighted by Crippen LogP contribution is -2.06. The summed E-state index contributed by atoms with van der Waals surface area (Å²) in [6.07, 6.45) is 0.350. The maximum absolute atomic E-state index is 12.3. The predicted octanol–water partition coefficient (Wildman–Crippen LogP) is 2.34. The van der Waals surface area contributed by atoms with Gasteiger partial charge < -0.3 is 10.1 Å². The predicted molar refractivity (Wildman–Crippen MR) is 65.1 cm³/mol. The lowest BCUT2D eigenvalue weighted by atomic mass is 10.5. The topological polar surface area (TPSA) is 64.9 Å². The van der Waals surface area contributed by atoms with Crippen molar-refractivity contribution in [2.75, 3.05) is 12.4 Å². The van der Waals surface area contributed by atoms with Crippen LogP contribution in [0.15, 0.2) is 18.5 Å². The van der Waals surface area contributed by atoms with Crippen molar-refractivity contribution in [2.45, 2.75) is 13.0 Å². The zero-order valence-electron chi connectivity index (χ0n) is 9.85. The maximum Gasteiger partial charge on any atom is 0.257 e. The average molecular weight is 290 g/mol. The number of hydrogen-bond acceptors (Lipinski definition) is 5. The van der Waals surface area contributed by atoms with Gasteiger partial charge >= 0.3 is 0 Å². The van der Waals surface area contributed by atoms with Crippen molar-refractivity contribution < 1.29 is 13.5 Å². The monoisotopic (exact) mass is 289 g/mol. The van der Waals surface area contributed by atoms with Gasteiger partial charge in [-0.25, -0.2) is 18.7 Å². The second-order valence-corrected chi connectivity index (χ2v) is 3.88. The number of halogens is 3.